The summed E-state index contributed by atoms with van der Waals surface area (Å²) < 4.78 is 33.2. The fourth-order valence-corrected chi connectivity index (χ4v) is 4.74. The van der Waals surface area contributed by atoms with Gasteiger partial charge in [-0.1, -0.05) is 6.07 Å². The van der Waals surface area contributed by atoms with Crippen molar-refractivity contribution in [1.29, 1.82) is 0 Å². The molecule has 9 heteroatoms. The minimum Gasteiger partial charge on any atom is -0.487 e. The minimum atomic E-state index is -3.21. The van der Waals surface area contributed by atoms with Gasteiger partial charge in [0.1, 0.15) is 18.0 Å². The number of aromatic nitrogens is 2. The molecule has 1 saturated heterocycles. The predicted octanol–water partition coefficient (Wildman–Crippen LogP) is 2.33. The number of piperazine rings is 1. The maximum absolute atomic E-state index is 12.8. The number of fused-ring (bicyclic) bond motifs is 1. The molecular weight excluding hydrogens is 416 g/mol. The first-order chi connectivity index (χ1) is 14.9. The Labute approximate surface area is 182 Å². The SMILES string of the molecule is CCS(=O)(=O)N1CCN(C(=O)c2ccc(OCc3cn4cccc(C)c4n3)cc2)CC1. The molecule has 1 aliphatic rings. The van der Waals surface area contributed by atoms with Gasteiger partial charge in [-0.15, -0.1) is 0 Å². The maximum atomic E-state index is 12.8. The van der Waals surface area contributed by atoms with Crippen molar-refractivity contribution in [3.05, 3.63) is 65.6 Å². The van der Waals surface area contributed by atoms with Crippen LogP contribution in [0.1, 0.15) is 28.5 Å². The van der Waals surface area contributed by atoms with Crippen molar-refractivity contribution < 1.29 is 17.9 Å². The predicted molar refractivity (Wildman–Crippen MR) is 118 cm³/mol. The average molecular weight is 443 g/mol. The number of nitrogens with zero attached hydrogens (tertiary/aromatic N) is 4. The third-order valence-corrected chi connectivity index (χ3v) is 7.38. The monoisotopic (exact) mass is 442 g/mol. The minimum absolute atomic E-state index is 0.0803. The van der Waals surface area contributed by atoms with Gasteiger partial charge in [-0.3, -0.25) is 4.79 Å². The first-order valence-electron chi connectivity index (χ1n) is 10.3. The van der Waals surface area contributed by atoms with Crippen molar-refractivity contribution in [1.82, 2.24) is 18.6 Å². The number of carbonyl (C=O) groups excluding carboxylic acids is 1. The van der Waals surface area contributed by atoms with Gasteiger partial charge in [-0.25, -0.2) is 13.4 Å². The Kier molecular flexibility index (Phi) is 5.97. The molecule has 1 fully saturated rings. The largest absolute Gasteiger partial charge is 0.487 e. The summed E-state index contributed by atoms with van der Waals surface area (Å²) in [6.45, 7) is 5.44. The lowest BCUT2D eigenvalue weighted by molar-refractivity contribution is 0.0698. The first-order valence-corrected chi connectivity index (χ1v) is 11.9. The Hall–Kier alpha value is -2.91. The van der Waals surface area contributed by atoms with Gasteiger partial charge < -0.3 is 14.0 Å². The van der Waals surface area contributed by atoms with Gasteiger partial charge in [0.05, 0.1) is 11.4 Å². The molecule has 0 N–H and O–H groups in total. The highest BCUT2D eigenvalue weighted by molar-refractivity contribution is 7.89. The normalized spacial score (nSPS) is 15.4. The second-order valence-corrected chi connectivity index (χ2v) is 9.82. The summed E-state index contributed by atoms with van der Waals surface area (Å²) in [6, 6.07) is 11.0. The Bertz CT molecular complexity index is 1180. The van der Waals surface area contributed by atoms with E-state index >= 15 is 0 Å². The number of pyridine rings is 1. The van der Waals surface area contributed by atoms with Crippen LogP contribution in [0.4, 0.5) is 0 Å². The van der Waals surface area contributed by atoms with Gasteiger partial charge in [0.25, 0.3) is 5.91 Å². The summed E-state index contributed by atoms with van der Waals surface area (Å²) in [6.07, 6.45) is 3.90. The average Bonchev–Trinajstić information content (AvgIpc) is 3.22. The molecule has 0 bridgehead atoms. The Morgan fingerprint density at radius 3 is 2.45 bits per heavy atom. The van der Waals surface area contributed by atoms with E-state index in [0.717, 1.165) is 16.9 Å². The van der Waals surface area contributed by atoms with Gasteiger partial charge >= 0.3 is 0 Å². The lowest BCUT2D eigenvalue weighted by Gasteiger charge is -2.33. The van der Waals surface area contributed by atoms with Crippen molar-refractivity contribution in [3.63, 3.8) is 0 Å². The molecule has 3 heterocycles. The molecule has 1 amide bonds. The second-order valence-electron chi connectivity index (χ2n) is 7.56. The second kappa shape index (κ2) is 8.68. The zero-order chi connectivity index (χ0) is 22.0. The van der Waals surface area contributed by atoms with Crippen LogP contribution in [-0.2, 0) is 16.6 Å². The van der Waals surface area contributed by atoms with Crippen LogP contribution >= 0.6 is 0 Å². The van der Waals surface area contributed by atoms with E-state index in [0.29, 0.717) is 44.1 Å². The topological polar surface area (TPSA) is 84.2 Å². The van der Waals surface area contributed by atoms with Crippen LogP contribution in [0, 0.1) is 6.92 Å². The van der Waals surface area contributed by atoms with E-state index in [9.17, 15) is 13.2 Å². The molecule has 0 unspecified atom stereocenters. The number of aryl methyl sites for hydroxylation is 1. The highest BCUT2D eigenvalue weighted by Gasteiger charge is 2.28. The van der Waals surface area contributed by atoms with Gasteiger partial charge in [0.15, 0.2) is 0 Å². The summed E-state index contributed by atoms with van der Waals surface area (Å²) >= 11 is 0. The van der Waals surface area contributed by atoms with Gasteiger partial charge in [0, 0.05) is 44.1 Å². The Morgan fingerprint density at radius 2 is 1.81 bits per heavy atom. The van der Waals surface area contributed by atoms with Crippen LogP contribution < -0.4 is 4.74 Å². The van der Waals surface area contributed by atoms with E-state index < -0.39 is 10.0 Å². The molecule has 2 aromatic heterocycles. The van der Waals surface area contributed by atoms with E-state index in [4.69, 9.17) is 4.74 Å². The fraction of sp³-hybridized carbons (Fsp3) is 0.364. The zero-order valence-corrected chi connectivity index (χ0v) is 18.5. The van der Waals surface area contributed by atoms with E-state index in [1.165, 1.54) is 4.31 Å². The zero-order valence-electron chi connectivity index (χ0n) is 17.7. The number of amides is 1. The van der Waals surface area contributed by atoms with Gasteiger partial charge in [-0.05, 0) is 49.7 Å². The first kappa shape index (κ1) is 21.3. The lowest BCUT2D eigenvalue weighted by Crippen LogP contribution is -2.50. The van der Waals surface area contributed by atoms with Crippen molar-refractivity contribution in [2.24, 2.45) is 0 Å². The molecule has 31 heavy (non-hydrogen) atoms. The van der Waals surface area contributed by atoms with Crippen molar-refractivity contribution in [3.8, 4) is 5.75 Å². The van der Waals surface area contributed by atoms with Crippen LogP contribution in [-0.4, -0.2) is 64.8 Å². The quantitative estimate of drug-likeness (QED) is 0.585. The fourth-order valence-electron chi connectivity index (χ4n) is 3.66. The summed E-state index contributed by atoms with van der Waals surface area (Å²) in [5.74, 6) is 0.636. The van der Waals surface area contributed by atoms with Crippen LogP contribution in [0.15, 0.2) is 48.8 Å². The molecule has 8 nitrogen and oxygen atoms in total. The Morgan fingerprint density at radius 1 is 1.10 bits per heavy atom. The highest BCUT2D eigenvalue weighted by atomic mass is 32.2. The number of rotatable bonds is 6. The van der Waals surface area contributed by atoms with Crippen LogP contribution in [0.3, 0.4) is 0 Å². The number of sulfonamides is 1. The third-order valence-electron chi connectivity index (χ3n) is 5.50. The van der Waals surface area contributed by atoms with E-state index in [2.05, 4.69) is 4.98 Å². The molecule has 0 radical (unpaired) electrons. The van der Waals surface area contributed by atoms with Crippen molar-refractivity contribution in [2.45, 2.75) is 20.5 Å². The molecule has 0 saturated carbocycles. The van der Waals surface area contributed by atoms with Crippen molar-refractivity contribution in [2.75, 3.05) is 31.9 Å². The number of hydrogen-bond acceptors (Lipinski definition) is 5. The van der Waals surface area contributed by atoms with Crippen molar-refractivity contribution >= 4 is 21.6 Å². The molecule has 4 rings (SSSR count). The van der Waals surface area contributed by atoms with Gasteiger partial charge in [0.2, 0.25) is 10.0 Å². The third kappa shape index (κ3) is 4.57. The summed E-state index contributed by atoms with van der Waals surface area (Å²) in [5, 5.41) is 0. The summed E-state index contributed by atoms with van der Waals surface area (Å²) in [7, 11) is -3.21. The van der Waals surface area contributed by atoms with Crippen LogP contribution in [0.2, 0.25) is 0 Å². The lowest BCUT2D eigenvalue weighted by atomic mass is 10.2. The van der Waals surface area contributed by atoms with E-state index in [1.54, 1.807) is 36.1 Å². The number of hydrogen-bond donors (Lipinski definition) is 0. The number of imidazole rings is 1. The van der Waals surface area contributed by atoms with E-state index in [-0.39, 0.29) is 11.7 Å². The van der Waals surface area contributed by atoms with Crippen LogP contribution in [0.5, 0.6) is 5.75 Å². The molecule has 0 spiro atoms. The molecule has 1 aliphatic heterocycles. The molecule has 1 aromatic carbocycles. The standard InChI is InChI=1S/C22H26N4O4S/c1-3-31(28,29)26-13-11-24(12-14-26)22(27)18-6-8-20(9-7-18)30-16-19-15-25-10-4-5-17(2)21(25)23-19/h4-10,15H,3,11-14,16H2,1-2H3. The molecule has 0 aliphatic carbocycles. The number of benzene rings is 1. The molecule has 3 aromatic rings. The van der Waals surface area contributed by atoms with E-state index in [1.807, 2.05) is 35.9 Å². The highest BCUT2D eigenvalue weighted by Crippen LogP contribution is 2.18. The van der Waals surface area contributed by atoms with Gasteiger partial charge in [-0.2, -0.15) is 4.31 Å². The Balaban J connectivity index is 1.34. The smallest absolute Gasteiger partial charge is 0.253 e. The molecular formula is C22H26N4O4S. The number of ether oxygens (including phenoxy) is 1. The number of carbonyl (C=O) groups is 1. The molecule has 0 atom stereocenters. The summed E-state index contributed by atoms with van der Waals surface area (Å²) in [4.78, 5) is 19.0. The molecule has 164 valence electrons. The van der Waals surface area contributed by atoms with Crippen LogP contribution in [0.25, 0.3) is 5.65 Å². The summed E-state index contributed by atoms with van der Waals surface area (Å²) in [5.41, 5.74) is 3.40. The maximum Gasteiger partial charge on any atom is 0.253 e.